The first-order chi connectivity index (χ1) is 5.77. The van der Waals surface area contributed by atoms with Gasteiger partial charge in [0.2, 0.25) is 0 Å². The molecule has 0 spiro atoms. The Morgan fingerprint density at radius 3 is 3.17 bits per heavy atom. The molecule has 1 aliphatic heterocycles. The molecule has 1 aromatic rings. The standard InChI is InChI=1S/C8H9NO2S/c10-8(11)6-3-7-5-12-2-1-9(7)4-6/h3-4H,1-2,5H2,(H,10,11). The molecule has 64 valence electrons. The Kier molecular flexibility index (Phi) is 1.84. The Balaban J connectivity index is 2.38. The van der Waals surface area contributed by atoms with Crippen LogP contribution in [0.5, 0.6) is 0 Å². The van der Waals surface area contributed by atoms with Gasteiger partial charge in [-0.25, -0.2) is 4.79 Å². The van der Waals surface area contributed by atoms with Crippen LogP contribution in [0.25, 0.3) is 0 Å². The van der Waals surface area contributed by atoms with E-state index in [1.807, 2.05) is 16.3 Å². The highest BCUT2D eigenvalue weighted by Gasteiger charge is 2.13. The van der Waals surface area contributed by atoms with Gasteiger partial charge in [0.1, 0.15) is 0 Å². The minimum Gasteiger partial charge on any atom is -0.478 e. The Bertz CT molecular complexity index is 295. The molecule has 0 atom stereocenters. The topological polar surface area (TPSA) is 42.2 Å². The van der Waals surface area contributed by atoms with Crippen LogP contribution in [0.2, 0.25) is 0 Å². The molecule has 1 aliphatic rings. The van der Waals surface area contributed by atoms with Gasteiger partial charge in [0.15, 0.2) is 0 Å². The van der Waals surface area contributed by atoms with Gasteiger partial charge in [-0.2, -0.15) is 11.8 Å². The second kappa shape index (κ2) is 2.86. The van der Waals surface area contributed by atoms with E-state index < -0.39 is 5.97 Å². The van der Waals surface area contributed by atoms with Crippen LogP contribution >= 0.6 is 11.8 Å². The summed E-state index contributed by atoms with van der Waals surface area (Å²) in [5.74, 6) is 1.19. The van der Waals surface area contributed by atoms with E-state index in [1.54, 1.807) is 12.3 Å². The molecule has 1 N–H and O–H groups in total. The van der Waals surface area contributed by atoms with Crippen molar-refractivity contribution in [3.63, 3.8) is 0 Å². The van der Waals surface area contributed by atoms with E-state index in [-0.39, 0.29) is 0 Å². The number of carboxylic acid groups (broad SMARTS) is 1. The highest BCUT2D eigenvalue weighted by Crippen LogP contribution is 2.21. The van der Waals surface area contributed by atoms with Gasteiger partial charge in [-0.05, 0) is 6.07 Å². The normalized spacial score (nSPS) is 15.7. The summed E-state index contributed by atoms with van der Waals surface area (Å²) < 4.78 is 2.03. The van der Waals surface area contributed by atoms with Gasteiger partial charge in [0, 0.05) is 29.9 Å². The third-order valence-corrected chi connectivity index (χ3v) is 2.93. The van der Waals surface area contributed by atoms with Gasteiger partial charge < -0.3 is 9.67 Å². The van der Waals surface area contributed by atoms with Crippen molar-refractivity contribution < 1.29 is 9.90 Å². The van der Waals surface area contributed by atoms with E-state index in [0.717, 1.165) is 23.7 Å². The van der Waals surface area contributed by atoms with E-state index in [9.17, 15) is 4.79 Å². The average Bonchev–Trinajstić information content (AvgIpc) is 2.46. The summed E-state index contributed by atoms with van der Waals surface area (Å²) in [4.78, 5) is 10.6. The van der Waals surface area contributed by atoms with Crippen molar-refractivity contribution >= 4 is 17.7 Å². The Morgan fingerprint density at radius 2 is 2.50 bits per heavy atom. The van der Waals surface area contributed by atoms with Crippen LogP contribution in [-0.4, -0.2) is 21.4 Å². The number of hydrogen-bond acceptors (Lipinski definition) is 2. The number of rotatable bonds is 1. The zero-order chi connectivity index (χ0) is 8.55. The fourth-order valence-corrected chi connectivity index (χ4v) is 2.27. The fraction of sp³-hybridized carbons (Fsp3) is 0.375. The lowest BCUT2D eigenvalue weighted by molar-refractivity contribution is 0.0697. The van der Waals surface area contributed by atoms with Crippen LogP contribution in [0.15, 0.2) is 12.3 Å². The molecular formula is C8H9NO2S. The summed E-state index contributed by atoms with van der Waals surface area (Å²) >= 11 is 1.85. The number of carboxylic acids is 1. The first-order valence-electron chi connectivity index (χ1n) is 3.77. The fourth-order valence-electron chi connectivity index (χ4n) is 1.34. The van der Waals surface area contributed by atoms with Gasteiger partial charge >= 0.3 is 5.97 Å². The lowest BCUT2D eigenvalue weighted by Crippen LogP contribution is -2.08. The maximum absolute atomic E-state index is 10.6. The number of hydrogen-bond donors (Lipinski definition) is 1. The number of aromatic carboxylic acids is 1. The molecule has 0 saturated carbocycles. The van der Waals surface area contributed by atoms with Crippen LogP contribution < -0.4 is 0 Å². The minimum absolute atomic E-state index is 0.410. The van der Waals surface area contributed by atoms with Crippen LogP contribution in [0.3, 0.4) is 0 Å². The van der Waals surface area contributed by atoms with Crippen LogP contribution in [0.4, 0.5) is 0 Å². The lowest BCUT2D eigenvalue weighted by Gasteiger charge is -2.13. The summed E-state index contributed by atoms with van der Waals surface area (Å²) in [6.07, 6.45) is 1.72. The third kappa shape index (κ3) is 1.22. The number of thioether (sulfide) groups is 1. The van der Waals surface area contributed by atoms with E-state index in [2.05, 4.69) is 0 Å². The molecule has 0 fully saturated rings. The minimum atomic E-state index is -0.832. The molecule has 0 aliphatic carbocycles. The van der Waals surface area contributed by atoms with Gasteiger partial charge in [0.05, 0.1) is 5.56 Å². The summed E-state index contributed by atoms with van der Waals surface area (Å²) in [5.41, 5.74) is 1.54. The monoisotopic (exact) mass is 183 g/mol. The maximum atomic E-state index is 10.6. The SMILES string of the molecule is O=C(O)c1cc2n(c1)CCSC2. The molecule has 0 amide bonds. The predicted molar refractivity (Wildman–Crippen MR) is 47.6 cm³/mol. The Morgan fingerprint density at radius 1 is 1.67 bits per heavy atom. The highest BCUT2D eigenvalue weighted by molar-refractivity contribution is 7.98. The first kappa shape index (κ1) is 7.73. The molecule has 2 rings (SSSR count). The molecule has 12 heavy (non-hydrogen) atoms. The molecule has 2 heterocycles. The molecule has 3 nitrogen and oxygen atoms in total. The average molecular weight is 183 g/mol. The number of fused-ring (bicyclic) bond motifs is 1. The van der Waals surface area contributed by atoms with Crippen molar-refractivity contribution in [1.29, 1.82) is 0 Å². The summed E-state index contributed by atoms with van der Waals surface area (Å²) in [6.45, 7) is 0.938. The number of aryl methyl sites for hydroxylation is 1. The predicted octanol–water partition coefficient (Wildman–Crippen LogP) is 1.43. The summed E-state index contributed by atoms with van der Waals surface area (Å²) in [7, 11) is 0. The molecule has 1 aromatic heterocycles. The second-order valence-corrected chi connectivity index (χ2v) is 3.88. The van der Waals surface area contributed by atoms with E-state index >= 15 is 0 Å². The van der Waals surface area contributed by atoms with E-state index in [1.165, 1.54) is 0 Å². The van der Waals surface area contributed by atoms with Gasteiger partial charge in [-0.1, -0.05) is 0 Å². The Labute approximate surface area is 74.4 Å². The van der Waals surface area contributed by atoms with Crippen molar-refractivity contribution in [2.45, 2.75) is 12.3 Å². The molecule has 0 radical (unpaired) electrons. The molecule has 0 aromatic carbocycles. The van der Waals surface area contributed by atoms with Gasteiger partial charge in [0.25, 0.3) is 0 Å². The lowest BCUT2D eigenvalue weighted by atomic mass is 10.3. The van der Waals surface area contributed by atoms with Crippen molar-refractivity contribution in [2.75, 3.05) is 5.75 Å². The first-order valence-corrected chi connectivity index (χ1v) is 4.93. The van der Waals surface area contributed by atoms with Crippen LogP contribution in [0, 0.1) is 0 Å². The third-order valence-electron chi connectivity index (χ3n) is 1.96. The number of aromatic nitrogens is 1. The largest absolute Gasteiger partial charge is 0.478 e. The molecular weight excluding hydrogens is 174 g/mol. The van der Waals surface area contributed by atoms with E-state index in [0.29, 0.717) is 5.56 Å². The van der Waals surface area contributed by atoms with Gasteiger partial charge in [-0.3, -0.25) is 0 Å². The number of carbonyl (C=O) groups is 1. The quantitative estimate of drug-likeness (QED) is 0.716. The smallest absolute Gasteiger partial charge is 0.337 e. The molecule has 0 saturated heterocycles. The van der Waals surface area contributed by atoms with Crippen molar-refractivity contribution in [1.82, 2.24) is 4.57 Å². The summed E-state index contributed by atoms with van der Waals surface area (Å²) in [6, 6.07) is 1.76. The van der Waals surface area contributed by atoms with Gasteiger partial charge in [-0.15, -0.1) is 0 Å². The zero-order valence-corrected chi connectivity index (χ0v) is 7.30. The van der Waals surface area contributed by atoms with Crippen molar-refractivity contribution in [3.05, 3.63) is 23.5 Å². The van der Waals surface area contributed by atoms with Crippen LogP contribution in [0.1, 0.15) is 16.1 Å². The zero-order valence-electron chi connectivity index (χ0n) is 6.49. The van der Waals surface area contributed by atoms with E-state index in [4.69, 9.17) is 5.11 Å². The maximum Gasteiger partial charge on any atom is 0.337 e. The van der Waals surface area contributed by atoms with Crippen LogP contribution in [-0.2, 0) is 12.3 Å². The molecule has 0 unspecified atom stereocenters. The highest BCUT2D eigenvalue weighted by atomic mass is 32.2. The van der Waals surface area contributed by atoms with Crippen molar-refractivity contribution in [2.24, 2.45) is 0 Å². The Hall–Kier alpha value is -0.900. The second-order valence-electron chi connectivity index (χ2n) is 2.77. The summed E-state index contributed by atoms with van der Waals surface area (Å²) in [5, 5.41) is 8.71. The molecule has 4 heteroatoms. The molecule has 0 bridgehead atoms. The number of nitrogens with zero attached hydrogens (tertiary/aromatic N) is 1. The van der Waals surface area contributed by atoms with Crippen molar-refractivity contribution in [3.8, 4) is 0 Å².